The summed E-state index contributed by atoms with van der Waals surface area (Å²) in [7, 11) is 0. The van der Waals surface area contributed by atoms with E-state index >= 15 is 0 Å². The summed E-state index contributed by atoms with van der Waals surface area (Å²) in [4.78, 5) is 24.3. The summed E-state index contributed by atoms with van der Waals surface area (Å²) in [5.74, 6) is -0.534. The molecule has 0 aliphatic carbocycles. The fourth-order valence-electron chi connectivity index (χ4n) is 1.53. The molecular weight excluding hydrogens is 298 g/mol. The second-order valence-corrected chi connectivity index (χ2v) is 5.55. The van der Waals surface area contributed by atoms with Crippen molar-refractivity contribution in [2.24, 2.45) is 0 Å². The lowest BCUT2D eigenvalue weighted by Crippen LogP contribution is -2.30. The van der Waals surface area contributed by atoms with Crippen LogP contribution in [-0.4, -0.2) is 32.7 Å². The van der Waals surface area contributed by atoms with E-state index in [1.165, 1.54) is 4.90 Å². The number of nitrogens with zero attached hydrogens (tertiary/aromatic N) is 1. The molecule has 20 heavy (non-hydrogen) atoms. The molecule has 0 radical (unpaired) electrons. The van der Waals surface area contributed by atoms with E-state index in [4.69, 9.17) is 21.7 Å². The highest BCUT2D eigenvalue weighted by Gasteiger charge is 2.31. The van der Waals surface area contributed by atoms with E-state index in [1.54, 1.807) is 36.6 Å². The lowest BCUT2D eigenvalue weighted by Gasteiger charge is -2.12. The van der Waals surface area contributed by atoms with Gasteiger partial charge < -0.3 is 9.52 Å². The third-order valence-electron chi connectivity index (χ3n) is 2.47. The third-order valence-corrected chi connectivity index (χ3v) is 3.87. The third kappa shape index (κ3) is 3.58. The number of thiocarbonyl (C=S) groups is 1. The van der Waals surface area contributed by atoms with Crippen LogP contribution in [0.25, 0.3) is 6.08 Å². The van der Waals surface area contributed by atoms with Gasteiger partial charge in [0.1, 0.15) is 10.1 Å². The van der Waals surface area contributed by atoms with Gasteiger partial charge in [0, 0.05) is 6.54 Å². The molecule has 1 aromatic heterocycles. The Morgan fingerprint density at radius 2 is 2.35 bits per heavy atom. The quantitative estimate of drug-likeness (QED) is 0.665. The SMILES string of the molecule is O=C(O)CCN1C(=O)/C(=C\C=C\c2ccco2)SC1=S. The number of aliphatic carboxylic acids is 1. The highest BCUT2D eigenvalue weighted by Crippen LogP contribution is 2.31. The number of thioether (sulfide) groups is 1. The Kier molecular flexibility index (Phi) is 4.75. The van der Waals surface area contributed by atoms with Crippen LogP contribution < -0.4 is 0 Å². The Hall–Kier alpha value is -1.86. The molecule has 0 unspecified atom stereocenters. The van der Waals surface area contributed by atoms with Crippen molar-refractivity contribution in [1.29, 1.82) is 0 Å². The molecule has 7 heteroatoms. The molecule has 2 rings (SSSR count). The lowest BCUT2D eigenvalue weighted by molar-refractivity contribution is -0.137. The first-order chi connectivity index (χ1) is 9.58. The number of carboxylic acid groups (broad SMARTS) is 1. The lowest BCUT2D eigenvalue weighted by atomic mass is 10.3. The Labute approximate surface area is 124 Å². The minimum atomic E-state index is -0.958. The standard InChI is InChI=1S/C13H11NO4S2/c15-11(16)6-7-14-12(17)10(20-13(14)19)5-1-3-9-4-2-8-18-9/h1-5,8H,6-7H2,(H,15,16)/b3-1+,10-5+. The van der Waals surface area contributed by atoms with Gasteiger partial charge in [0.05, 0.1) is 17.6 Å². The van der Waals surface area contributed by atoms with E-state index in [9.17, 15) is 9.59 Å². The molecular formula is C13H11NO4S2. The van der Waals surface area contributed by atoms with Gasteiger partial charge in [-0.3, -0.25) is 14.5 Å². The fraction of sp³-hybridized carbons (Fsp3) is 0.154. The number of furan rings is 1. The van der Waals surface area contributed by atoms with E-state index in [0.29, 0.717) is 15.0 Å². The monoisotopic (exact) mass is 309 g/mol. The summed E-state index contributed by atoms with van der Waals surface area (Å²) in [6, 6.07) is 3.56. The summed E-state index contributed by atoms with van der Waals surface area (Å²) in [5.41, 5.74) is 0. The first-order valence-corrected chi connectivity index (χ1v) is 6.98. The van der Waals surface area contributed by atoms with Crippen molar-refractivity contribution in [3.63, 3.8) is 0 Å². The summed E-state index contributed by atoms with van der Waals surface area (Å²) >= 11 is 6.23. The van der Waals surface area contributed by atoms with Crippen molar-refractivity contribution < 1.29 is 19.1 Å². The average Bonchev–Trinajstić information content (AvgIpc) is 2.98. The first-order valence-electron chi connectivity index (χ1n) is 5.75. The predicted octanol–water partition coefficient (Wildman–Crippen LogP) is 2.51. The molecule has 5 nitrogen and oxygen atoms in total. The van der Waals surface area contributed by atoms with Crippen molar-refractivity contribution in [1.82, 2.24) is 4.90 Å². The number of hydrogen-bond donors (Lipinski definition) is 1. The Balaban J connectivity index is 2.01. The van der Waals surface area contributed by atoms with Crippen molar-refractivity contribution >= 4 is 46.3 Å². The van der Waals surface area contributed by atoms with Crippen LogP contribution in [0.4, 0.5) is 0 Å². The molecule has 104 valence electrons. The first kappa shape index (κ1) is 14.5. The van der Waals surface area contributed by atoms with Crippen LogP contribution in [0, 0.1) is 0 Å². The van der Waals surface area contributed by atoms with Gasteiger partial charge in [0.2, 0.25) is 0 Å². The van der Waals surface area contributed by atoms with E-state index in [-0.39, 0.29) is 18.9 Å². The minimum absolute atomic E-state index is 0.0965. The van der Waals surface area contributed by atoms with Crippen molar-refractivity contribution in [3.05, 3.63) is 41.2 Å². The molecule has 1 N–H and O–H groups in total. The van der Waals surface area contributed by atoms with Gasteiger partial charge in [0.15, 0.2) is 0 Å². The number of hydrogen-bond acceptors (Lipinski definition) is 5. The second-order valence-electron chi connectivity index (χ2n) is 3.87. The highest BCUT2D eigenvalue weighted by atomic mass is 32.2. The van der Waals surface area contributed by atoms with Crippen LogP contribution in [0.3, 0.4) is 0 Å². The number of carbonyl (C=O) groups excluding carboxylic acids is 1. The molecule has 0 saturated carbocycles. The zero-order chi connectivity index (χ0) is 14.5. The van der Waals surface area contributed by atoms with Gasteiger partial charge in [-0.1, -0.05) is 30.1 Å². The molecule has 1 aliphatic heterocycles. The molecule has 1 saturated heterocycles. The number of amides is 1. The largest absolute Gasteiger partial charge is 0.481 e. The Morgan fingerprint density at radius 3 is 3.00 bits per heavy atom. The number of allylic oxidation sites excluding steroid dienone is 2. The van der Waals surface area contributed by atoms with Crippen LogP contribution in [0.5, 0.6) is 0 Å². The molecule has 1 aromatic rings. The highest BCUT2D eigenvalue weighted by molar-refractivity contribution is 8.26. The summed E-state index contributed by atoms with van der Waals surface area (Å²) in [6.07, 6.45) is 6.50. The molecule has 0 spiro atoms. The maximum absolute atomic E-state index is 12.0. The van der Waals surface area contributed by atoms with Gasteiger partial charge in [-0.2, -0.15) is 0 Å². The number of carbonyl (C=O) groups is 2. The summed E-state index contributed by atoms with van der Waals surface area (Å²) in [6.45, 7) is 0.0965. The molecule has 0 atom stereocenters. The predicted molar refractivity (Wildman–Crippen MR) is 80.0 cm³/mol. The fourth-order valence-corrected chi connectivity index (χ4v) is 2.79. The topological polar surface area (TPSA) is 70.8 Å². The summed E-state index contributed by atoms with van der Waals surface area (Å²) in [5, 5.41) is 8.64. The maximum atomic E-state index is 12.0. The zero-order valence-corrected chi connectivity index (χ0v) is 11.9. The molecule has 2 heterocycles. The van der Waals surface area contributed by atoms with Crippen LogP contribution in [0.2, 0.25) is 0 Å². The van der Waals surface area contributed by atoms with Crippen molar-refractivity contribution in [2.45, 2.75) is 6.42 Å². The molecule has 0 bridgehead atoms. The van der Waals surface area contributed by atoms with Crippen LogP contribution in [0.1, 0.15) is 12.2 Å². The van der Waals surface area contributed by atoms with Crippen LogP contribution in [0.15, 0.2) is 39.9 Å². The smallest absolute Gasteiger partial charge is 0.305 e. The van der Waals surface area contributed by atoms with E-state index in [2.05, 4.69) is 0 Å². The Morgan fingerprint density at radius 1 is 1.55 bits per heavy atom. The molecule has 0 aromatic carbocycles. The van der Waals surface area contributed by atoms with Crippen LogP contribution >= 0.6 is 24.0 Å². The number of carboxylic acids is 1. The van der Waals surface area contributed by atoms with Gasteiger partial charge in [-0.25, -0.2) is 0 Å². The average molecular weight is 309 g/mol. The van der Waals surface area contributed by atoms with E-state index in [1.807, 2.05) is 0 Å². The van der Waals surface area contributed by atoms with E-state index < -0.39 is 5.97 Å². The molecule has 1 fully saturated rings. The summed E-state index contributed by atoms with van der Waals surface area (Å²) < 4.78 is 5.51. The second kappa shape index (κ2) is 6.53. The normalized spacial score (nSPS) is 17.6. The van der Waals surface area contributed by atoms with Crippen molar-refractivity contribution in [3.8, 4) is 0 Å². The Bertz CT molecular complexity index is 590. The van der Waals surface area contributed by atoms with Crippen molar-refractivity contribution in [2.75, 3.05) is 6.54 Å². The van der Waals surface area contributed by atoms with Crippen LogP contribution in [-0.2, 0) is 9.59 Å². The maximum Gasteiger partial charge on any atom is 0.305 e. The van der Waals surface area contributed by atoms with Gasteiger partial charge in [-0.15, -0.1) is 0 Å². The van der Waals surface area contributed by atoms with E-state index in [0.717, 1.165) is 11.8 Å². The minimum Gasteiger partial charge on any atom is -0.481 e. The van der Waals surface area contributed by atoms with Gasteiger partial charge in [-0.05, 0) is 24.3 Å². The molecule has 1 amide bonds. The van der Waals surface area contributed by atoms with Gasteiger partial charge >= 0.3 is 5.97 Å². The molecule has 1 aliphatic rings. The zero-order valence-electron chi connectivity index (χ0n) is 10.3. The van der Waals surface area contributed by atoms with Gasteiger partial charge in [0.25, 0.3) is 5.91 Å². The number of rotatable bonds is 5.